The second kappa shape index (κ2) is 12.9. The number of hydrogen-bond donors (Lipinski definition) is 0. The highest BCUT2D eigenvalue weighted by molar-refractivity contribution is 8.38. The minimum atomic E-state index is -1.15. The summed E-state index contributed by atoms with van der Waals surface area (Å²) in [6.45, 7) is 30.5. The van der Waals surface area contributed by atoms with Crippen LogP contribution in [0.3, 0.4) is 0 Å². The van der Waals surface area contributed by atoms with Crippen LogP contribution in [0.2, 0.25) is 0 Å². The molecule has 43 heavy (non-hydrogen) atoms. The fourth-order valence-electron chi connectivity index (χ4n) is 8.74. The van der Waals surface area contributed by atoms with Crippen molar-refractivity contribution in [2.75, 3.05) is 25.0 Å². The SMILES string of the molecule is CCC(C)(CC)S(C)(C)[C@H](C)[C@@](C)(CC)[S@@](C)(C(C)C)C(C)Cc1ccc2c(c1)[S@](C)(C(C)(CC)CC)c1ccccc1-2. The van der Waals surface area contributed by atoms with Gasteiger partial charge in [-0.1, -0.05) is 113 Å². The molecule has 0 saturated carbocycles. The van der Waals surface area contributed by atoms with Gasteiger partial charge >= 0.3 is 0 Å². The zero-order valence-corrected chi connectivity index (χ0v) is 33.7. The summed E-state index contributed by atoms with van der Waals surface area (Å²) < 4.78 is 1.06. The van der Waals surface area contributed by atoms with Crippen LogP contribution in [0.15, 0.2) is 52.3 Å². The lowest BCUT2D eigenvalue weighted by atomic mass is 10.0. The molecule has 0 bridgehead atoms. The van der Waals surface area contributed by atoms with Gasteiger partial charge in [-0.05, 0) is 113 Å². The Kier molecular flexibility index (Phi) is 11.1. The molecule has 0 aromatic heterocycles. The molecular weight excluding hydrogens is 577 g/mol. The molecule has 0 N–H and O–H groups in total. The van der Waals surface area contributed by atoms with Crippen molar-refractivity contribution >= 4 is 30.1 Å². The van der Waals surface area contributed by atoms with Crippen LogP contribution in [0, 0.1) is 0 Å². The third kappa shape index (κ3) is 5.40. The van der Waals surface area contributed by atoms with E-state index in [2.05, 4.69) is 151 Å². The first-order valence-corrected chi connectivity index (χ1v) is 24.1. The Balaban J connectivity index is 2.13. The standard InChI is InChI=1S/C40H70S3/c1-17-38(10,18-2)41(13,14)32(9)40(12,21-5)42(15,30(6)7)31(8)28-33-26-27-35-34-24-22-23-25-36(34)43(16,37(35)29-33)39(11,19-3)20-4/h22-27,29-32H,17-21,28H2,1-16H3/t31?,32-,40-/m1/s1. The van der Waals surface area contributed by atoms with Gasteiger partial charge in [0.25, 0.3) is 0 Å². The molecule has 0 saturated heterocycles. The van der Waals surface area contributed by atoms with Crippen molar-refractivity contribution in [3.8, 4) is 11.1 Å². The van der Waals surface area contributed by atoms with Crippen molar-refractivity contribution < 1.29 is 0 Å². The average molecular weight is 647 g/mol. The molecule has 1 aliphatic rings. The second-order valence-corrected chi connectivity index (χ2v) is 28.4. The lowest BCUT2D eigenvalue weighted by Crippen LogP contribution is -2.53. The fraction of sp³-hybridized carbons (Fsp3) is 0.700. The Bertz CT molecular complexity index is 1250. The molecule has 1 heterocycles. The third-order valence-electron chi connectivity index (χ3n) is 14.1. The maximum absolute atomic E-state index is 2.76. The molecule has 3 rings (SSSR count). The van der Waals surface area contributed by atoms with Gasteiger partial charge in [-0.2, -0.15) is 10.0 Å². The summed E-state index contributed by atoms with van der Waals surface area (Å²) in [4.78, 5) is 3.27. The van der Waals surface area contributed by atoms with E-state index in [1.807, 2.05) is 0 Å². The van der Waals surface area contributed by atoms with Crippen LogP contribution in [-0.2, 0) is 6.42 Å². The van der Waals surface area contributed by atoms with Crippen molar-refractivity contribution in [1.29, 1.82) is 0 Å². The zero-order chi connectivity index (χ0) is 32.8. The van der Waals surface area contributed by atoms with Crippen LogP contribution in [0.5, 0.6) is 0 Å². The van der Waals surface area contributed by atoms with E-state index in [4.69, 9.17) is 0 Å². The lowest BCUT2D eigenvalue weighted by Gasteiger charge is -2.66. The van der Waals surface area contributed by atoms with Crippen molar-refractivity contribution in [3.05, 3.63) is 48.0 Å². The summed E-state index contributed by atoms with van der Waals surface area (Å²) in [6.07, 6.45) is 18.2. The maximum Gasteiger partial charge on any atom is 0.00755 e. The molecule has 0 nitrogen and oxygen atoms in total. The normalized spacial score (nSPS) is 22.0. The predicted octanol–water partition coefficient (Wildman–Crippen LogP) is 13.1. The van der Waals surface area contributed by atoms with Crippen LogP contribution in [0.1, 0.15) is 121 Å². The molecular formula is C40H70S3. The van der Waals surface area contributed by atoms with Crippen molar-refractivity contribution in [1.82, 2.24) is 0 Å². The first-order chi connectivity index (χ1) is 19.9. The lowest BCUT2D eigenvalue weighted by molar-refractivity contribution is 0.548. The van der Waals surface area contributed by atoms with Crippen LogP contribution < -0.4 is 0 Å². The first kappa shape index (κ1) is 37.0. The first-order valence-electron chi connectivity index (χ1n) is 17.3. The molecule has 3 heteroatoms. The number of hydrogen-bond acceptors (Lipinski definition) is 0. The molecule has 1 unspecified atom stereocenters. The maximum atomic E-state index is 2.76. The van der Waals surface area contributed by atoms with Gasteiger partial charge in [0.1, 0.15) is 0 Å². The van der Waals surface area contributed by atoms with Gasteiger partial charge in [0, 0.05) is 19.3 Å². The second-order valence-electron chi connectivity index (χ2n) is 15.4. The fourth-order valence-corrected chi connectivity index (χ4v) is 23.1. The minimum absolute atomic E-state index is 0.298. The van der Waals surface area contributed by atoms with Gasteiger partial charge < -0.3 is 0 Å². The van der Waals surface area contributed by atoms with Crippen LogP contribution >= 0.6 is 30.1 Å². The Labute approximate surface area is 274 Å². The van der Waals surface area contributed by atoms with E-state index in [0.717, 1.165) is 5.25 Å². The van der Waals surface area contributed by atoms with Crippen molar-refractivity contribution in [2.45, 2.75) is 161 Å². The highest BCUT2D eigenvalue weighted by Crippen LogP contribution is 2.77. The monoisotopic (exact) mass is 646 g/mol. The minimum Gasteiger partial charge on any atom is -0.238 e. The Morgan fingerprint density at radius 3 is 1.72 bits per heavy atom. The van der Waals surface area contributed by atoms with E-state index in [9.17, 15) is 0 Å². The summed E-state index contributed by atoms with van der Waals surface area (Å²) in [5, 5.41) is 2.07. The van der Waals surface area contributed by atoms with Gasteiger partial charge in [-0.15, -0.1) is 0 Å². The van der Waals surface area contributed by atoms with Crippen LogP contribution in [-0.4, -0.2) is 55.0 Å². The van der Waals surface area contributed by atoms with Gasteiger partial charge in [0.2, 0.25) is 0 Å². The largest absolute Gasteiger partial charge is 0.238 e. The van der Waals surface area contributed by atoms with E-state index in [-0.39, 0.29) is 0 Å². The molecule has 0 amide bonds. The highest BCUT2D eigenvalue weighted by atomic mass is 32.3. The molecule has 0 spiro atoms. The molecule has 1 aliphatic heterocycles. The van der Waals surface area contributed by atoms with Gasteiger partial charge in [-0.3, -0.25) is 0 Å². The van der Waals surface area contributed by atoms with E-state index in [1.165, 1.54) is 49.7 Å². The third-order valence-corrected chi connectivity index (χ3v) is 31.1. The van der Waals surface area contributed by atoms with E-state index in [1.54, 1.807) is 15.4 Å². The summed E-state index contributed by atoms with van der Waals surface area (Å²) in [7, 11) is -2.99. The van der Waals surface area contributed by atoms with Crippen molar-refractivity contribution in [2.24, 2.45) is 0 Å². The molecule has 248 valence electrons. The number of benzene rings is 2. The van der Waals surface area contributed by atoms with E-state index < -0.39 is 30.1 Å². The predicted molar refractivity (Wildman–Crippen MR) is 209 cm³/mol. The molecule has 0 radical (unpaired) electrons. The average Bonchev–Trinajstić information content (AvgIpc) is 3.27. The van der Waals surface area contributed by atoms with Gasteiger partial charge in [-0.25, -0.2) is 20.1 Å². The van der Waals surface area contributed by atoms with Crippen LogP contribution in [0.25, 0.3) is 11.1 Å². The summed E-state index contributed by atoms with van der Waals surface area (Å²) >= 11 is 0. The molecule has 5 atom stereocenters. The highest BCUT2D eigenvalue weighted by Gasteiger charge is 2.53. The summed E-state index contributed by atoms with van der Waals surface area (Å²) in [5.41, 5.74) is 4.57. The van der Waals surface area contributed by atoms with E-state index in [0.29, 0.717) is 24.7 Å². The van der Waals surface area contributed by atoms with Gasteiger partial charge in [0.15, 0.2) is 0 Å². The van der Waals surface area contributed by atoms with Crippen molar-refractivity contribution in [3.63, 3.8) is 0 Å². The number of fused-ring (bicyclic) bond motifs is 3. The quantitative estimate of drug-likeness (QED) is 0.192. The Morgan fingerprint density at radius 1 is 0.698 bits per heavy atom. The molecule has 0 fully saturated rings. The Hall–Kier alpha value is -0.510. The molecule has 2 aromatic rings. The smallest absolute Gasteiger partial charge is 0.00755 e. The van der Waals surface area contributed by atoms with Crippen LogP contribution in [0.4, 0.5) is 0 Å². The summed E-state index contributed by atoms with van der Waals surface area (Å²) in [5.74, 6) is 0. The molecule has 2 aromatic carbocycles. The zero-order valence-electron chi connectivity index (χ0n) is 31.2. The summed E-state index contributed by atoms with van der Waals surface area (Å²) in [6, 6.07) is 17.1. The Morgan fingerprint density at radius 2 is 1.23 bits per heavy atom. The van der Waals surface area contributed by atoms with E-state index >= 15 is 0 Å². The number of rotatable bonds is 14. The molecule has 0 aliphatic carbocycles. The topological polar surface area (TPSA) is 0 Å². The van der Waals surface area contributed by atoms with Gasteiger partial charge in [0.05, 0.1) is 0 Å².